The molecule has 1 aliphatic heterocycles. The van der Waals surface area contributed by atoms with Crippen LogP contribution in [0.15, 0.2) is 24.3 Å². The third-order valence-corrected chi connectivity index (χ3v) is 5.01. The van der Waals surface area contributed by atoms with Gasteiger partial charge >= 0.3 is 6.03 Å². The Bertz CT molecular complexity index is 593. The molecule has 1 saturated heterocycles. The predicted octanol–water partition coefficient (Wildman–Crippen LogP) is 2.66. The SMILES string of the molecule is CC(C)NC(=O)NC(=O)[C@@H](C)N1CCC(CCc2ccc(O)cc2)CC1. The molecule has 6 heteroatoms. The zero-order valence-electron chi connectivity index (χ0n) is 16.0. The predicted molar refractivity (Wildman–Crippen MR) is 102 cm³/mol. The third kappa shape index (κ3) is 6.33. The summed E-state index contributed by atoms with van der Waals surface area (Å²) in [5.74, 6) is 0.710. The second-order valence-corrected chi connectivity index (χ2v) is 7.48. The molecule has 1 fully saturated rings. The standard InChI is InChI=1S/C20H31N3O3/c1-14(2)21-20(26)22-19(25)15(3)23-12-10-17(11-13-23)5-4-16-6-8-18(24)9-7-16/h6-9,14-15,17,24H,4-5,10-13H2,1-3H3,(H2,21,22,25,26)/t15-/m1/s1. The molecule has 0 saturated carbocycles. The lowest BCUT2D eigenvalue weighted by Gasteiger charge is -2.35. The molecule has 0 unspecified atom stereocenters. The van der Waals surface area contributed by atoms with Crippen LogP contribution >= 0.6 is 0 Å². The lowest BCUT2D eigenvalue weighted by molar-refractivity contribution is -0.125. The van der Waals surface area contributed by atoms with Crippen LogP contribution in [-0.4, -0.2) is 47.1 Å². The number of carbonyl (C=O) groups excluding carboxylic acids is 2. The maximum atomic E-state index is 12.2. The van der Waals surface area contributed by atoms with E-state index in [-0.39, 0.29) is 18.0 Å². The number of phenolic OH excluding ortho intramolecular Hbond substituents is 1. The van der Waals surface area contributed by atoms with E-state index in [1.807, 2.05) is 32.9 Å². The van der Waals surface area contributed by atoms with Gasteiger partial charge in [0.05, 0.1) is 6.04 Å². The number of benzene rings is 1. The number of urea groups is 1. The average Bonchev–Trinajstić information content (AvgIpc) is 2.60. The van der Waals surface area contributed by atoms with Crippen LogP contribution in [0.2, 0.25) is 0 Å². The second-order valence-electron chi connectivity index (χ2n) is 7.48. The quantitative estimate of drug-likeness (QED) is 0.728. The zero-order chi connectivity index (χ0) is 19.1. The van der Waals surface area contributed by atoms with Crippen LogP contribution in [0.25, 0.3) is 0 Å². The number of likely N-dealkylation sites (tertiary alicyclic amines) is 1. The van der Waals surface area contributed by atoms with Crippen LogP contribution in [0.3, 0.4) is 0 Å². The van der Waals surface area contributed by atoms with Crippen LogP contribution < -0.4 is 10.6 Å². The van der Waals surface area contributed by atoms with Crippen molar-refractivity contribution in [1.29, 1.82) is 0 Å². The summed E-state index contributed by atoms with van der Waals surface area (Å²) < 4.78 is 0. The van der Waals surface area contributed by atoms with E-state index in [1.165, 1.54) is 5.56 Å². The molecule has 1 aromatic carbocycles. The van der Waals surface area contributed by atoms with Gasteiger partial charge in [-0.25, -0.2) is 4.79 Å². The van der Waals surface area contributed by atoms with Crippen LogP contribution in [0.4, 0.5) is 4.79 Å². The van der Waals surface area contributed by atoms with E-state index in [0.29, 0.717) is 11.7 Å². The fourth-order valence-corrected chi connectivity index (χ4v) is 3.34. The fraction of sp³-hybridized carbons (Fsp3) is 0.600. The van der Waals surface area contributed by atoms with Crippen molar-refractivity contribution < 1.29 is 14.7 Å². The summed E-state index contributed by atoms with van der Waals surface area (Å²) in [6.07, 6.45) is 4.26. The highest BCUT2D eigenvalue weighted by molar-refractivity contribution is 5.96. The number of carbonyl (C=O) groups is 2. The van der Waals surface area contributed by atoms with Gasteiger partial charge in [0, 0.05) is 6.04 Å². The van der Waals surface area contributed by atoms with Gasteiger partial charge in [0.15, 0.2) is 0 Å². The van der Waals surface area contributed by atoms with Gasteiger partial charge in [0.2, 0.25) is 5.91 Å². The topological polar surface area (TPSA) is 81.7 Å². The summed E-state index contributed by atoms with van der Waals surface area (Å²) in [5.41, 5.74) is 1.24. The Balaban J connectivity index is 1.72. The number of nitrogens with zero attached hydrogens (tertiary/aromatic N) is 1. The molecule has 1 atom stereocenters. The fourth-order valence-electron chi connectivity index (χ4n) is 3.34. The van der Waals surface area contributed by atoms with Crippen molar-refractivity contribution in [3.8, 4) is 5.75 Å². The first kappa shape index (κ1) is 20.2. The number of rotatable bonds is 6. The minimum Gasteiger partial charge on any atom is -0.508 e. The van der Waals surface area contributed by atoms with Gasteiger partial charge in [-0.05, 0) is 83.2 Å². The molecular weight excluding hydrogens is 330 g/mol. The van der Waals surface area contributed by atoms with E-state index in [4.69, 9.17) is 0 Å². The smallest absolute Gasteiger partial charge is 0.321 e. The maximum Gasteiger partial charge on any atom is 0.321 e. The molecule has 0 aromatic heterocycles. The Labute approximate surface area is 156 Å². The summed E-state index contributed by atoms with van der Waals surface area (Å²) in [6.45, 7) is 7.32. The highest BCUT2D eigenvalue weighted by atomic mass is 16.3. The molecule has 0 aliphatic carbocycles. The lowest BCUT2D eigenvalue weighted by atomic mass is 9.90. The Morgan fingerprint density at radius 3 is 2.35 bits per heavy atom. The van der Waals surface area contributed by atoms with Crippen molar-refractivity contribution in [3.63, 3.8) is 0 Å². The number of amides is 3. The molecule has 3 amide bonds. The number of piperidine rings is 1. The van der Waals surface area contributed by atoms with Crippen molar-refractivity contribution in [2.75, 3.05) is 13.1 Å². The molecule has 0 radical (unpaired) electrons. The van der Waals surface area contributed by atoms with E-state index in [2.05, 4.69) is 15.5 Å². The van der Waals surface area contributed by atoms with Gasteiger partial charge < -0.3 is 10.4 Å². The number of hydrogen-bond acceptors (Lipinski definition) is 4. The van der Waals surface area contributed by atoms with Gasteiger partial charge in [-0.3, -0.25) is 15.0 Å². The van der Waals surface area contributed by atoms with Crippen LogP contribution in [0, 0.1) is 5.92 Å². The van der Waals surface area contributed by atoms with Crippen LogP contribution in [0.5, 0.6) is 5.75 Å². The molecule has 144 valence electrons. The Kier molecular flexibility index (Phi) is 7.45. The number of aromatic hydroxyl groups is 1. The number of nitrogens with one attached hydrogen (secondary N) is 2. The number of imide groups is 1. The van der Waals surface area contributed by atoms with Crippen molar-refractivity contribution in [1.82, 2.24) is 15.5 Å². The lowest BCUT2D eigenvalue weighted by Crippen LogP contribution is -2.52. The molecule has 26 heavy (non-hydrogen) atoms. The third-order valence-electron chi connectivity index (χ3n) is 5.01. The molecule has 0 bridgehead atoms. The number of aryl methyl sites for hydroxylation is 1. The molecule has 1 heterocycles. The van der Waals surface area contributed by atoms with Crippen molar-refractivity contribution in [2.24, 2.45) is 5.92 Å². The first-order chi connectivity index (χ1) is 12.3. The van der Waals surface area contributed by atoms with Crippen molar-refractivity contribution in [2.45, 2.75) is 58.5 Å². The maximum absolute atomic E-state index is 12.2. The molecular formula is C20H31N3O3. The molecule has 1 aliphatic rings. The first-order valence-electron chi connectivity index (χ1n) is 9.48. The normalized spacial score (nSPS) is 17.1. The van der Waals surface area contributed by atoms with Crippen molar-refractivity contribution in [3.05, 3.63) is 29.8 Å². The zero-order valence-corrected chi connectivity index (χ0v) is 16.0. The highest BCUT2D eigenvalue weighted by Gasteiger charge is 2.27. The first-order valence-corrected chi connectivity index (χ1v) is 9.48. The van der Waals surface area contributed by atoms with Gasteiger partial charge in [0.25, 0.3) is 0 Å². The van der Waals surface area contributed by atoms with Gasteiger partial charge in [-0.2, -0.15) is 0 Å². The average molecular weight is 361 g/mol. The van der Waals surface area contributed by atoms with Crippen LogP contribution in [-0.2, 0) is 11.2 Å². The molecule has 1 aromatic rings. The van der Waals surface area contributed by atoms with Gasteiger partial charge in [-0.15, -0.1) is 0 Å². The number of phenols is 1. The largest absolute Gasteiger partial charge is 0.508 e. The molecule has 2 rings (SSSR count). The van der Waals surface area contributed by atoms with Gasteiger partial charge in [-0.1, -0.05) is 12.1 Å². The summed E-state index contributed by atoms with van der Waals surface area (Å²) in [5, 5.41) is 14.4. The molecule has 3 N–H and O–H groups in total. The van der Waals surface area contributed by atoms with E-state index in [9.17, 15) is 14.7 Å². The Morgan fingerprint density at radius 2 is 1.77 bits per heavy atom. The monoisotopic (exact) mass is 361 g/mol. The van der Waals surface area contributed by atoms with Gasteiger partial charge in [0.1, 0.15) is 5.75 Å². The van der Waals surface area contributed by atoms with E-state index in [1.54, 1.807) is 12.1 Å². The number of hydrogen-bond donors (Lipinski definition) is 3. The summed E-state index contributed by atoms with van der Waals surface area (Å²) in [4.78, 5) is 26.0. The van der Waals surface area contributed by atoms with Crippen molar-refractivity contribution >= 4 is 11.9 Å². The summed E-state index contributed by atoms with van der Waals surface area (Å²) in [6, 6.07) is 6.67. The highest BCUT2D eigenvalue weighted by Crippen LogP contribution is 2.24. The minimum absolute atomic E-state index is 0.00225. The minimum atomic E-state index is -0.430. The Hall–Kier alpha value is -2.08. The van der Waals surface area contributed by atoms with E-state index < -0.39 is 6.03 Å². The molecule has 0 spiro atoms. The Morgan fingerprint density at radius 1 is 1.15 bits per heavy atom. The second kappa shape index (κ2) is 9.57. The molecule has 6 nitrogen and oxygen atoms in total. The van der Waals surface area contributed by atoms with E-state index in [0.717, 1.165) is 38.8 Å². The summed E-state index contributed by atoms with van der Waals surface area (Å²) >= 11 is 0. The summed E-state index contributed by atoms with van der Waals surface area (Å²) in [7, 11) is 0. The van der Waals surface area contributed by atoms with Crippen LogP contribution in [0.1, 0.15) is 45.6 Å². The van der Waals surface area contributed by atoms with E-state index >= 15 is 0 Å².